The number of anilines is 1. The monoisotopic (exact) mass is 461 g/mol. The number of sulfonamides is 2. The molecule has 3 rings (SSSR count). The molecule has 0 bridgehead atoms. The van der Waals surface area contributed by atoms with Gasteiger partial charge in [0.15, 0.2) is 0 Å². The highest BCUT2D eigenvalue weighted by Crippen LogP contribution is 2.32. The summed E-state index contributed by atoms with van der Waals surface area (Å²) in [5, 5.41) is 2.53. The van der Waals surface area contributed by atoms with Crippen molar-refractivity contribution in [2.75, 3.05) is 25.0 Å². The van der Waals surface area contributed by atoms with E-state index in [1.54, 1.807) is 6.92 Å². The zero-order valence-corrected chi connectivity index (χ0v) is 18.0. The summed E-state index contributed by atoms with van der Waals surface area (Å²) in [4.78, 5) is 12.6. The van der Waals surface area contributed by atoms with Crippen molar-refractivity contribution in [2.24, 2.45) is 0 Å². The molecule has 2 heterocycles. The fourth-order valence-corrected chi connectivity index (χ4v) is 6.87. The number of halogens is 1. The highest BCUT2D eigenvalue weighted by Gasteiger charge is 2.29. The summed E-state index contributed by atoms with van der Waals surface area (Å²) in [6.45, 7) is 2.08. The maximum atomic E-state index is 12.9. The summed E-state index contributed by atoms with van der Waals surface area (Å²) in [7, 11) is -7.57. The highest BCUT2D eigenvalue weighted by atomic mass is 32.2. The van der Waals surface area contributed by atoms with Crippen LogP contribution in [0.3, 0.4) is 0 Å². The van der Waals surface area contributed by atoms with Gasteiger partial charge in [-0.25, -0.2) is 25.9 Å². The number of amides is 1. The number of nitrogens with zero attached hydrogens (tertiary/aromatic N) is 1. The fraction of sp³-hybridized carbons (Fsp3) is 0.353. The normalized spacial score (nSPS) is 15.5. The van der Waals surface area contributed by atoms with E-state index in [0.717, 1.165) is 48.4 Å². The molecule has 1 aromatic carbocycles. The quantitative estimate of drug-likeness (QED) is 0.654. The van der Waals surface area contributed by atoms with Crippen LogP contribution in [0.2, 0.25) is 0 Å². The van der Waals surface area contributed by atoms with E-state index in [-0.39, 0.29) is 9.10 Å². The SMILES string of the molecule is Cc1sc(S(=O)(=O)N2CCCC2)cc1NC(=O)CNS(=O)(=O)c1ccc(F)cc1. The Kier molecular flexibility index (Phi) is 6.39. The molecule has 1 aliphatic heterocycles. The molecule has 0 radical (unpaired) electrons. The molecule has 1 aliphatic rings. The number of carbonyl (C=O) groups excluding carboxylic acids is 1. The van der Waals surface area contributed by atoms with Gasteiger partial charge in [-0.05, 0) is 50.1 Å². The van der Waals surface area contributed by atoms with Gasteiger partial charge in [0.1, 0.15) is 10.0 Å². The summed E-state index contributed by atoms with van der Waals surface area (Å²) >= 11 is 1.05. The third kappa shape index (κ3) is 5.01. The van der Waals surface area contributed by atoms with E-state index in [2.05, 4.69) is 10.0 Å². The predicted molar refractivity (Wildman–Crippen MR) is 107 cm³/mol. The number of benzene rings is 1. The van der Waals surface area contributed by atoms with Gasteiger partial charge in [-0.2, -0.15) is 4.31 Å². The van der Waals surface area contributed by atoms with Crippen molar-refractivity contribution < 1.29 is 26.0 Å². The number of hydrogen-bond acceptors (Lipinski definition) is 6. The molecule has 29 heavy (non-hydrogen) atoms. The van der Waals surface area contributed by atoms with Crippen LogP contribution in [-0.4, -0.2) is 46.7 Å². The van der Waals surface area contributed by atoms with Gasteiger partial charge in [0.25, 0.3) is 10.0 Å². The topological polar surface area (TPSA) is 113 Å². The average Bonchev–Trinajstić information content (AvgIpc) is 3.32. The molecule has 1 amide bonds. The minimum atomic E-state index is -3.98. The van der Waals surface area contributed by atoms with E-state index in [4.69, 9.17) is 0 Å². The zero-order chi connectivity index (χ0) is 21.2. The number of thiophene rings is 1. The van der Waals surface area contributed by atoms with Crippen molar-refractivity contribution in [1.82, 2.24) is 9.03 Å². The van der Waals surface area contributed by atoms with E-state index in [1.165, 1.54) is 10.4 Å². The lowest BCUT2D eigenvalue weighted by Gasteiger charge is -2.13. The van der Waals surface area contributed by atoms with Crippen LogP contribution >= 0.6 is 11.3 Å². The lowest BCUT2D eigenvalue weighted by atomic mass is 10.4. The van der Waals surface area contributed by atoms with Crippen molar-refractivity contribution in [3.05, 3.63) is 41.0 Å². The van der Waals surface area contributed by atoms with Crippen LogP contribution in [0.15, 0.2) is 39.4 Å². The second-order valence-corrected chi connectivity index (χ2v) is 11.7. The van der Waals surface area contributed by atoms with Crippen molar-refractivity contribution in [3.8, 4) is 0 Å². The minimum Gasteiger partial charge on any atom is -0.324 e. The van der Waals surface area contributed by atoms with Crippen LogP contribution < -0.4 is 10.0 Å². The van der Waals surface area contributed by atoms with Gasteiger partial charge < -0.3 is 5.32 Å². The first-order valence-corrected chi connectivity index (χ1v) is 12.5. The summed E-state index contributed by atoms with van der Waals surface area (Å²) in [6.07, 6.45) is 1.64. The third-order valence-corrected chi connectivity index (χ3v) is 9.19. The highest BCUT2D eigenvalue weighted by molar-refractivity contribution is 7.91. The zero-order valence-electron chi connectivity index (χ0n) is 15.5. The smallest absolute Gasteiger partial charge is 0.252 e. The molecule has 8 nitrogen and oxygen atoms in total. The summed E-state index contributed by atoms with van der Waals surface area (Å²) in [5.41, 5.74) is 0.318. The average molecular weight is 462 g/mol. The van der Waals surface area contributed by atoms with Crippen LogP contribution in [-0.2, 0) is 24.8 Å². The molecular weight excluding hydrogens is 441 g/mol. The van der Waals surface area contributed by atoms with Crippen LogP contribution in [0.1, 0.15) is 17.7 Å². The predicted octanol–water partition coefficient (Wildman–Crippen LogP) is 1.90. The van der Waals surface area contributed by atoms with Crippen molar-refractivity contribution in [2.45, 2.75) is 28.9 Å². The summed E-state index contributed by atoms with van der Waals surface area (Å²) in [6, 6.07) is 5.58. The van der Waals surface area contributed by atoms with E-state index in [1.807, 2.05) is 0 Å². The molecule has 2 aromatic rings. The van der Waals surface area contributed by atoms with Gasteiger partial charge in [-0.1, -0.05) is 0 Å². The van der Waals surface area contributed by atoms with Gasteiger partial charge in [0.2, 0.25) is 15.9 Å². The lowest BCUT2D eigenvalue weighted by molar-refractivity contribution is -0.115. The molecule has 0 atom stereocenters. The second kappa shape index (κ2) is 8.48. The molecular formula is C17H20FN3O5S3. The van der Waals surface area contributed by atoms with E-state index >= 15 is 0 Å². The van der Waals surface area contributed by atoms with Gasteiger partial charge in [0, 0.05) is 18.0 Å². The number of hydrogen-bond donors (Lipinski definition) is 2. The Morgan fingerprint density at radius 3 is 2.38 bits per heavy atom. The van der Waals surface area contributed by atoms with Crippen LogP contribution in [0.4, 0.5) is 10.1 Å². The molecule has 2 N–H and O–H groups in total. The van der Waals surface area contributed by atoms with Crippen molar-refractivity contribution in [1.29, 1.82) is 0 Å². The standard InChI is InChI=1S/C17H20FN3O5S3/c1-12-15(10-17(27-12)29(25,26)21-8-2-3-9-21)20-16(22)11-19-28(23,24)14-6-4-13(18)5-7-14/h4-7,10,19H,2-3,8-9,11H2,1H3,(H,20,22). The van der Waals surface area contributed by atoms with E-state index in [9.17, 15) is 26.0 Å². The molecule has 0 aliphatic carbocycles. The Hall–Kier alpha value is -1.86. The minimum absolute atomic E-state index is 0.138. The number of carbonyl (C=O) groups is 1. The maximum absolute atomic E-state index is 12.9. The van der Waals surface area contributed by atoms with Gasteiger partial charge in [0.05, 0.1) is 17.1 Å². The molecule has 1 fully saturated rings. The Bertz CT molecular complexity index is 1110. The van der Waals surface area contributed by atoms with Crippen molar-refractivity contribution in [3.63, 3.8) is 0 Å². The maximum Gasteiger partial charge on any atom is 0.252 e. The van der Waals surface area contributed by atoms with Crippen molar-refractivity contribution >= 4 is 43.0 Å². The van der Waals surface area contributed by atoms with Gasteiger partial charge >= 0.3 is 0 Å². The number of aryl methyl sites for hydroxylation is 1. The Balaban J connectivity index is 1.65. The second-order valence-electron chi connectivity index (χ2n) is 6.47. The Labute approximate surface area is 172 Å². The van der Waals surface area contributed by atoms with Gasteiger partial charge in [-0.3, -0.25) is 4.79 Å². The first kappa shape index (κ1) is 21.8. The molecule has 12 heteroatoms. The molecule has 1 saturated heterocycles. The van der Waals surface area contributed by atoms with E-state index < -0.39 is 38.3 Å². The largest absolute Gasteiger partial charge is 0.324 e. The van der Waals surface area contributed by atoms with Crippen LogP contribution in [0.5, 0.6) is 0 Å². The first-order chi connectivity index (χ1) is 13.6. The Morgan fingerprint density at radius 1 is 1.14 bits per heavy atom. The molecule has 1 aromatic heterocycles. The van der Waals surface area contributed by atoms with E-state index in [0.29, 0.717) is 23.7 Å². The fourth-order valence-electron chi connectivity index (χ4n) is 2.81. The molecule has 0 saturated carbocycles. The number of rotatable bonds is 7. The molecule has 0 spiro atoms. The number of nitrogens with one attached hydrogen (secondary N) is 2. The van der Waals surface area contributed by atoms with Crippen LogP contribution in [0, 0.1) is 12.7 Å². The third-order valence-electron chi connectivity index (χ3n) is 4.38. The summed E-state index contributed by atoms with van der Waals surface area (Å²) in [5.74, 6) is -1.23. The van der Waals surface area contributed by atoms with Crippen LogP contribution in [0.25, 0.3) is 0 Å². The Morgan fingerprint density at radius 2 is 1.76 bits per heavy atom. The van der Waals surface area contributed by atoms with Gasteiger partial charge in [-0.15, -0.1) is 11.3 Å². The molecule has 158 valence electrons. The molecule has 0 unspecified atom stereocenters. The first-order valence-electron chi connectivity index (χ1n) is 8.75. The summed E-state index contributed by atoms with van der Waals surface area (Å²) < 4.78 is 66.2. The lowest BCUT2D eigenvalue weighted by Crippen LogP contribution is -2.33.